The van der Waals surface area contributed by atoms with E-state index in [1.54, 1.807) is 49.4 Å². The predicted octanol–water partition coefficient (Wildman–Crippen LogP) is 4.29. The topological polar surface area (TPSA) is 58.2 Å². The third-order valence-electron chi connectivity index (χ3n) is 3.30. The van der Waals surface area contributed by atoms with Crippen LogP contribution in [-0.4, -0.2) is 17.9 Å². The molecule has 0 aliphatic rings. The van der Waals surface area contributed by atoms with Gasteiger partial charge in [-0.3, -0.25) is 9.59 Å². The Labute approximate surface area is 162 Å². The van der Waals surface area contributed by atoms with Gasteiger partial charge in [-0.2, -0.15) is 0 Å². The van der Waals surface area contributed by atoms with Crippen LogP contribution in [0.3, 0.4) is 0 Å². The number of nitrogens with one attached hydrogen (secondary N) is 2. The largest absolute Gasteiger partial charge is 0.339 e. The van der Waals surface area contributed by atoms with E-state index in [4.69, 9.17) is 23.2 Å². The van der Waals surface area contributed by atoms with Gasteiger partial charge in [0.2, 0.25) is 5.91 Å². The molecular formula is C20H16Cl2N2O2. The van der Waals surface area contributed by atoms with E-state index in [0.29, 0.717) is 26.9 Å². The van der Waals surface area contributed by atoms with Crippen LogP contribution < -0.4 is 10.6 Å². The van der Waals surface area contributed by atoms with Gasteiger partial charge in [0, 0.05) is 16.8 Å². The lowest BCUT2D eigenvalue weighted by Crippen LogP contribution is -2.31. The molecule has 0 aromatic heterocycles. The smallest absolute Gasteiger partial charge is 0.252 e. The number of amides is 2. The van der Waals surface area contributed by atoms with Crippen molar-refractivity contribution in [3.63, 3.8) is 0 Å². The zero-order chi connectivity index (χ0) is 19.1. The number of benzene rings is 2. The molecule has 132 valence electrons. The van der Waals surface area contributed by atoms with Crippen LogP contribution in [0.4, 0.5) is 5.69 Å². The van der Waals surface area contributed by atoms with Crippen LogP contribution in [0.15, 0.2) is 55.1 Å². The van der Waals surface area contributed by atoms with Crippen LogP contribution in [0.5, 0.6) is 0 Å². The highest BCUT2D eigenvalue weighted by atomic mass is 35.5. The molecule has 0 heterocycles. The highest BCUT2D eigenvalue weighted by Crippen LogP contribution is 2.22. The number of carbonyl (C=O) groups is 2. The Morgan fingerprint density at radius 3 is 2.42 bits per heavy atom. The molecular weight excluding hydrogens is 371 g/mol. The summed E-state index contributed by atoms with van der Waals surface area (Å²) < 4.78 is 0. The number of anilines is 1. The van der Waals surface area contributed by atoms with Crippen molar-refractivity contribution in [2.75, 3.05) is 5.32 Å². The lowest BCUT2D eigenvalue weighted by molar-refractivity contribution is -0.111. The summed E-state index contributed by atoms with van der Waals surface area (Å²) in [6.45, 7) is 5.16. The first-order valence-corrected chi connectivity index (χ1v) is 8.45. The minimum atomic E-state index is -0.364. The predicted molar refractivity (Wildman–Crippen MR) is 106 cm³/mol. The van der Waals surface area contributed by atoms with E-state index in [2.05, 4.69) is 29.1 Å². The summed E-state index contributed by atoms with van der Waals surface area (Å²) in [5.41, 5.74) is 1.76. The van der Waals surface area contributed by atoms with Crippen LogP contribution in [0.1, 0.15) is 22.8 Å². The second-order valence-electron chi connectivity index (χ2n) is 5.36. The van der Waals surface area contributed by atoms with Gasteiger partial charge in [-0.05, 0) is 55.5 Å². The Balaban J connectivity index is 1.98. The van der Waals surface area contributed by atoms with Crippen molar-refractivity contribution in [1.29, 1.82) is 0 Å². The summed E-state index contributed by atoms with van der Waals surface area (Å²) in [6, 6.07) is 11.2. The molecule has 0 saturated heterocycles. The summed E-state index contributed by atoms with van der Waals surface area (Å²) in [5, 5.41) is 6.30. The molecule has 4 nitrogen and oxygen atoms in total. The molecule has 2 N–H and O–H groups in total. The van der Waals surface area contributed by atoms with Gasteiger partial charge in [-0.15, -0.1) is 0 Å². The molecule has 0 bridgehead atoms. The van der Waals surface area contributed by atoms with Gasteiger partial charge in [0.25, 0.3) is 5.91 Å². The van der Waals surface area contributed by atoms with Crippen LogP contribution in [0.25, 0.3) is 0 Å². The van der Waals surface area contributed by atoms with E-state index in [9.17, 15) is 9.59 Å². The molecule has 6 heteroatoms. The lowest BCUT2D eigenvalue weighted by atomic mass is 10.1. The Morgan fingerprint density at radius 2 is 1.81 bits per heavy atom. The summed E-state index contributed by atoms with van der Waals surface area (Å²) in [4.78, 5) is 23.5. The van der Waals surface area contributed by atoms with Gasteiger partial charge < -0.3 is 10.6 Å². The standard InChI is InChI=1S/C20H16Cl2N2O2/c1-3-19(25)24-16-9-7-15(8-10-16)20(26)23-13(2)4-5-14-6-11-17(21)18(22)12-14/h3,6-13H,1H2,2H3,(H,23,26)(H,24,25). The number of hydrogen-bond donors (Lipinski definition) is 2. The number of carbonyl (C=O) groups excluding carboxylic acids is 2. The summed E-state index contributed by atoms with van der Waals surface area (Å²) in [5.74, 6) is 5.31. The second-order valence-corrected chi connectivity index (χ2v) is 6.18. The first-order chi connectivity index (χ1) is 12.4. The van der Waals surface area contributed by atoms with E-state index in [-0.39, 0.29) is 17.9 Å². The van der Waals surface area contributed by atoms with Gasteiger partial charge in [-0.1, -0.05) is 41.6 Å². The normalized spacial score (nSPS) is 10.9. The van der Waals surface area contributed by atoms with Crippen molar-refractivity contribution in [2.45, 2.75) is 13.0 Å². The Kier molecular flexibility index (Phi) is 6.85. The van der Waals surface area contributed by atoms with Gasteiger partial charge in [0.15, 0.2) is 0 Å². The van der Waals surface area contributed by atoms with Crippen molar-refractivity contribution in [3.8, 4) is 11.8 Å². The van der Waals surface area contributed by atoms with Crippen molar-refractivity contribution >= 4 is 40.7 Å². The van der Waals surface area contributed by atoms with Gasteiger partial charge in [0.1, 0.15) is 0 Å². The fourth-order valence-electron chi connectivity index (χ4n) is 1.98. The zero-order valence-corrected chi connectivity index (χ0v) is 15.5. The SMILES string of the molecule is C=CC(=O)Nc1ccc(C(=O)NC(C)C#Cc2ccc(Cl)c(Cl)c2)cc1. The molecule has 26 heavy (non-hydrogen) atoms. The van der Waals surface area contributed by atoms with Crippen LogP contribution in [0.2, 0.25) is 10.0 Å². The lowest BCUT2D eigenvalue weighted by Gasteiger charge is -2.09. The monoisotopic (exact) mass is 386 g/mol. The van der Waals surface area contributed by atoms with E-state index in [1.807, 2.05) is 0 Å². The maximum atomic E-state index is 12.2. The summed E-state index contributed by atoms with van der Waals surface area (Å²) in [7, 11) is 0. The van der Waals surface area contributed by atoms with Crippen molar-refractivity contribution in [3.05, 3.63) is 76.3 Å². The minimum absolute atomic E-state index is 0.262. The quantitative estimate of drug-likeness (QED) is 0.608. The average Bonchev–Trinajstić information content (AvgIpc) is 2.63. The van der Waals surface area contributed by atoms with E-state index >= 15 is 0 Å². The van der Waals surface area contributed by atoms with E-state index in [0.717, 1.165) is 0 Å². The molecule has 2 rings (SSSR count). The third-order valence-corrected chi connectivity index (χ3v) is 4.04. The first-order valence-electron chi connectivity index (χ1n) is 7.70. The van der Waals surface area contributed by atoms with Crippen molar-refractivity contribution < 1.29 is 9.59 Å². The van der Waals surface area contributed by atoms with Crippen LogP contribution in [-0.2, 0) is 4.79 Å². The van der Waals surface area contributed by atoms with Gasteiger partial charge in [-0.25, -0.2) is 0 Å². The summed E-state index contributed by atoms with van der Waals surface area (Å²) in [6.07, 6.45) is 1.18. The first kappa shape index (κ1) is 19.6. The molecule has 1 unspecified atom stereocenters. The third kappa shape index (κ3) is 5.66. The Hall–Kier alpha value is -2.74. The maximum absolute atomic E-state index is 12.2. The zero-order valence-electron chi connectivity index (χ0n) is 14.0. The molecule has 0 radical (unpaired) electrons. The maximum Gasteiger partial charge on any atom is 0.252 e. The molecule has 0 fully saturated rings. The Morgan fingerprint density at radius 1 is 1.12 bits per heavy atom. The molecule has 0 aliphatic carbocycles. The fourth-order valence-corrected chi connectivity index (χ4v) is 2.28. The molecule has 1 atom stereocenters. The molecule has 0 spiro atoms. The molecule has 0 saturated carbocycles. The summed E-state index contributed by atoms with van der Waals surface area (Å²) >= 11 is 11.8. The highest BCUT2D eigenvalue weighted by Gasteiger charge is 2.08. The number of hydrogen-bond acceptors (Lipinski definition) is 2. The molecule has 2 aromatic carbocycles. The molecule has 0 aliphatic heterocycles. The van der Waals surface area contributed by atoms with Gasteiger partial charge >= 0.3 is 0 Å². The van der Waals surface area contributed by atoms with Gasteiger partial charge in [0.05, 0.1) is 16.1 Å². The van der Waals surface area contributed by atoms with Crippen molar-refractivity contribution in [1.82, 2.24) is 5.32 Å². The number of rotatable bonds is 4. The van der Waals surface area contributed by atoms with Crippen molar-refractivity contribution in [2.24, 2.45) is 0 Å². The molecule has 2 aromatic rings. The highest BCUT2D eigenvalue weighted by molar-refractivity contribution is 6.42. The average molecular weight is 387 g/mol. The van der Waals surface area contributed by atoms with E-state index < -0.39 is 0 Å². The Bertz CT molecular complexity index is 896. The van der Waals surface area contributed by atoms with E-state index in [1.165, 1.54) is 6.08 Å². The van der Waals surface area contributed by atoms with Crippen LogP contribution in [0, 0.1) is 11.8 Å². The molecule has 2 amide bonds. The fraction of sp³-hybridized carbons (Fsp3) is 0.100. The minimum Gasteiger partial charge on any atom is -0.339 e. The van der Waals surface area contributed by atoms with Crippen LogP contribution >= 0.6 is 23.2 Å². The second kappa shape index (κ2) is 9.10. The number of halogens is 2.